The van der Waals surface area contributed by atoms with Gasteiger partial charge in [0.2, 0.25) is 0 Å². The first-order chi connectivity index (χ1) is 6.54. The SMILES string of the molecule is C=C[CH2][Sb]([Cl])([CH2]C=C)([CH2]C=C)[CH2]C=C. The Morgan fingerprint density at radius 1 is 0.714 bits per heavy atom. The van der Waals surface area contributed by atoms with Crippen molar-refractivity contribution in [2.45, 2.75) is 17.5 Å². The molecule has 14 heavy (non-hydrogen) atoms. The second kappa shape index (κ2) is 5.83. The first-order valence-electron chi connectivity index (χ1n) is 4.70. The van der Waals surface area contributed by atoms with Gasteiger partial charge in [-0.1, -0.05) is 0 Å². The fourth-order valence-electron chi connectivity index (χ4n) is 1.74. The Hall–Kier alpha value is 0.0682. The fourth-order valence-corrected chi connectivity index (χ4v) is 14.3. The first kappa shape index (κ1) is 14.1. The number of rotatable bonds is 8. The van der Waals surface area contributed by atoms with E-state index in [9.17, 15) is 0 Å². The van der Waals surface area contributed by atoms with Gasteiger partial charge in [0.25, 0.3) is 0 Å². The zero-order chi connectivity index (χ0) is 11.1. The van der Waals surface area contributed by atoms with E-state index >= 15 is 0 Å². The maximum atomic E-state index is 6.91. The standard InChI is InChI=1S/4C3H5.ClH.Sb/c4*1-3-2;;/h4*3H,1-2H2;1H;/q;;;;;+1/p-1. The zero-order valence-electron chi connectivity index (χ0n) is 8.79. The molecular weight excluding hydrogens is 301 g/mol. The summed E-state index contributed by atoms with van der Waals surface area (Å²) in [5, 5.41) is 0. The van der Waals surface area contributed by atoms with Crippen molar-refractivity contribution in [2.75, 3.05) is 0 Å². The van der Waals surface area contributed by atoms with E-state index in [-0.39, 0.29) is 0 Å². The molecule has 0 fully saturated rings. The van der Waals surface area contributed by atoms with Crippen molar-refractivity contribution < 1.29 is 0 Å². The van der Waals surface area contributed by atoms with Crippen LogP contribution in [0, 0.1) is 0 Å². The molecule has 80 valence electrons. The van der Waals surface area contributed by atoms with Crippen LogP contribution >= 0.6 is 8.83 Å². The average molecular weight is 322 g/mol. The van der Waals surface area contributed by atoms with Crippen LogP contribution in [0.4, 0.5) is 0 Å². The molecule has 0 radical (unpaired) electrons. The molecule has 0 aromatic heterocycles. The molecule has 0 aliphatic heterocycles. The summed E-state index contributed by atoms with van der Waals surface area (Å²) in [6, 6.07) is 0. The summed E-state index contributed by atoms with van der Waals surface area (Å²) >= 11 is -3.11. The van der Waals surface area contributed by atoms with E-state index in [4.69, 9.17) is 8.83 Å². The molecule has 0 aromatic rings. The van der Waals surface area contributed by atoms with E-state index in [1.807, 2.05) is 24.3 Å². The molecule has 0 aliphatic rings. The molecular formula is C12H20ClSb. The minimum absolute atomic E-state index is 0.929. The number of halogens is 1. The van der Waals surface area contributed by atoms with Crippen LogP contribution in [0.15, 0.2) is 50.6 Å². The van der Waals surface area contributed by atoms with Crippen LogP contribution in [-0.4, -0.2) is 16.3 Å². The molecule has 0 aromatic carbocycles. The van der Waals surface area contributed by atoms with Gasteiger partial charge in [0.15, 0.2) is 0 Å². The van der Waals surface area contributed by atoms with Crippen LogP contribution in [0.1, 0.15) is 0 Å². The summed E-state index contributed by atoms with van der Waals surface area (Å²) < 4.78 is 3.72. The fraction of sp³-hybridized carbons (Fsp3) is 0.333. The predicted molar refractivity (Wildman–Crippen MR) is 71.6 cm³/mol. The molecule has 0 aliphatic carbocycles. The zero-order valence-corrected chi connectivity index (χ0v) is 12.1. The topological polar surface area (TPSA) is 0 Å². The van der Waals surface area contributed by atoms with Crippen LogP contribution in [0.25, 0.3) is 0 Å². The van der Waals surface area contributed by atoms with Crippen LogP contribution in [-0.2, 0) is 0 Å². The third-order valence-corrected chi connectivity index (χ3v) is 19.4. The molecule has 0 unspecified atom stereocenters. The second-order valence-electron chi connectivity index (χ2n) is 3.70. The van der Waals surface area contributed by atoms with Gasteiger partial charge in [0, 0.05) is 0 Å². The van der Waals surface area contributed by atoms with Crippen LogP contribution in [0.2, 0.25) is 17.5 Å². The summed E-state index contributed by atoms with van der Waals surface area (Å²) in [4.78, 5) is 0. The molecule has 0 heterocycles. The Morgan fingerprint density at radius 3 is 1.07 bits per heavy atom. The summed E-state index contributed by atoms with van der Waals surface area (Å²) in [5.41, 5.74) is 0. The van der Waals surface area contributed by atoms with Gasteiger partial charge in [-0.05, 0) is 0 Å². The summed E-state index contributed by atoms with van der Waals surface area (Å²) in [7, 11) is 6.91. The predicted octanol–water partition coefficient (Wildman–Crippen LogP) is 4.87. The van der Waals surface area contributed by atoms with E-state index in [1.165, 1.54) is 0 Å². The molecule has 0 saturated carbocycles. The molecule has 0 atom stereocenters. The van der Waals surface area contributed by atoms with Crippen LogP contribution < -0.4 is 0 Å². The van der Waals surface area contributed by atoms with Gasteiger partial charge >= 0.3 is 93.2 Å². The van der Waals surface area contributed by atoms with Crippen molar-refractivity contribution in [1.82, 2.24) is 0 Å². The quantitative estimate of drug-likeness (QED) is 0.442. The van der Waals surface area contributed by atoms with Crippen molar-refractivity contribution >= 4 is 25.1 Å². The van der Waals surface area contributed by atoms with Crippen LogP contribution in [0.5, 0.6) is 0 Å². The average Bonchev–Trinajstić information content (AvgIpc) is 2.05. The first-order valence-corrected chi connectivity index (χ1v) is 15.2. The number of allylic oxidation sites excluding steroid dienone is 4. The summed E-state index contributed by atoms with van der Waals surface area (Å²) in [6.07, 6.45) is 7.74. The normalized spacial score (nSPS) is 13.6. The number of hydrogen-bond acceptors (Lipinski definition) is 0. The molecule has 2 heteroatoms. The number of hydrogen-bond donors (Lipinski definition) is 0. The maximum absolute atomic E-state index is 6.91. The Balaban J connectivity index is 5.05. The molecule has 0 N–H and O–H groups in total. The van der Waals surface area contributed by atoms with E-state index in [0.29, 0.717) is 0 Å². The van der Waals surface area contributed by atoms with Gasteiger partial charge in [0.05, 0.1) is 0 Å². The van der Waals surface area contributed by atoms with Crippen molar-refractivity contribution in [3.05, 3.63) is 50.6 Å². The van der Waals surface area contributed by atoms with Gasteiger partial charge in [-0.2, -0.15) is 0 Å². The van der Waals surface area contributed by atoms with Crippen molar-refractivity contribution in [3.63, 3.8) is 0 Å². The molecule has 0 bridgehead atoms. The van der Waals surface area contributed by atoms with Crippen molar-refractivity contribution in [1.29, 1.82) is 0 Å². The molecule has 0 rings (SSSR count). The Bertz CT molecular complexity index is 191. The third-order valence-electron chi connectivity index (χ3n) is 2.34. The summed E-state index contributed by atoms with van der Waals surface area (Å²) in [6.45, 7) is 15.2. The van der Waals surface area contributed by atoms with E-state index < -0.39 is 16.3 Å². The summed E-state index contributed by atoms with van der Waals surface area (Å²) in [5.74, 6) is 0. The van der Waals surface area contributed by atoms with E-state index in [0.717, 1.165) is 17.5 Å². The van der Waals surface area contributed by atoms with Gasteiger partial charge in [-0.25, -0.2) is 0 Å². The minimum atomic E-state index is -3.11. The third kappa shape index (κ3) is 3.67. The van der Waals surface area contributed by atoms with Crippen molar-refractivity contribution in [3.8, 4) is 0 Å². The molecule has 0 nitrogen and oxygen atoms in total. The monoisotopic (exact) mass is 320 g/mol. The van der Waals surface area contributed by atoms with Gasteiger partial charge in [-0.15, -0.1) is 0 Å². The van der Waals surface area contributed by atoms with Gasteiger partial charge in [0.1, 0.15) is 0 Å². The second-order valence-corrected chi connectivity index (χ2v) is 24.7. The van der Waals surface area contributed by atoms with Gasteiger partial charge in [-0.3, -0.25) is 0 Å². The Kier molecular flexibility index (Phi) is 5.86. The Labute approximate surface area is 92.8 Å². The molecule has 0 saturated heterocycles. The molecule has 0 spiro atoms. The van der Waals surface area contributed by atoms with Crippen LogP contribution in [0.3, 0.4) is 0 Å². The van der Waals surface area contributed by atoms with E-state index in [2.05, 4.69) is 26.3 Å². The van der Waals surface area contributed by atoms with Gasteiger partial charge < -0.3 is 0 Å². The van der Waals surface area contributed by atoms with Crippen molar-refractivity contribution in [2.24, 2.45) is 0 Å². The Morgan fingerprint density at radius 2 is 0.929 bits per heavy atom. The molecule has 0 amide bonds. The van der Waals surface area contributed by atoms with E-state index in [1.54, 1.807) is 0 Å².